The molecule has 0 bridgehead atoms. The Bertz CT molecular complexity index is 945. The number of fused-ring (bicyclic) bond motifs is 1. The molecular weight excluding hydrogens is 416 g/mol. The number of morpholine rings is 1. The standard InChI is InChI=1S/C22H28N4O4S/c1-22(2,3)30-21(28)26-9-8-17-18(14-26)31-20(23-17)24-19(27)15-4-6-16(7-5-15)25-10-12-29-13-11-25/h4-7H,8-14H2,1-3H3,(H,23,24,27). The van der Waals surface area contributed by atoms with Crippen molar-refractivity contribution in [3.8, 4) is 0 Å². The minimum atomic E-state index is -0.526. The van der Waals surface area contributed by atoms with E-state index < -0.39 is 5.60 Å². The second kappa shape index (κ2) is 8.84. The number of carbonyl (C=O) groups excluding carboxylic acids is 2. The van der Waals surface area contributed by atoms with E-state index >= 15 is 0 Å². The molecule has 1 aromatic carbocycles. The fraction of sp³-hybridized carbons (Fsp3) is 0.500. The van der Waals surface area contributed by atoms with Crippen LogP contribution in [0.3, 0.4) is 0 Å². The van der Waals surface area contributed by atoms with Crippen LogP contribution in [0.25, 0.3) is 0 Å². The van der Waals surface area contributed by atoms with Gasteiger partial charge in [0.25, 0.3) is 5.91 Å². The highest BCUT2D eigenvalue weighted by Crippen LogP contribution is 2.29. The van der Waals surface area contributed by atoms with Gasteiger partial charge in [-0.2, -0.15) is 0 Å². The number of thiazole rings is 1. The van der Waals surface area contributed by atoms with Crippen LogP contribution in [-0.4, -0.2) is 60.3 Å². The average Bonchev–Trinajstić information content (AvgIpc) is 3.14. The topological polar surface area (TPSA) is 84.0 Å². The first kappa shape index (κ1) is 21.6. The molecular formula is C22H28N4O4S. The van der Waals surface area contributed by atoms with Crippen molar-refractivity contribution in [1.29, 1.82) is 0 Å². The lowest BCUT2D eigenvalue weighted by Crippen LogP contribution is -2.39. The summed E-state index contributed by atoms with van der Waals surface area (Å²) >= 11 is 1.41. The minimum absolute atomic E-state index is 0.191. The maximum atomic E-state index is 12.7. The van der Waals surface area contributed by atoms with E-state index in [2.05, 4.69) is 15.2 Å². The summed E-state index contributed by atoms with van der Waals surface area (Å²) in [6.45, 7) is 9.74. The average molecular weight is 445 g/mol. The van der Waals surface area contributed by atoms with Crippen molar-refractivity contribution < 1.29 is 19.1 Å². The summed E-state index contributed by atoms with van der Waals surface area (Å²) in [4.78, 5) is 34.5. The lowest BCUT2D eigenvalue weighted by molar-refractivity contribution is 0.0225. The summed E-state index contributed by atoms with van der Waals surface area (Å²) in [5.74, 6) is -0.191. The van der Waals surface area contributed by atoms with Crippen LogP contribution in [0.15, 0.2) is 24.3 Å². The number of amides is 2. The Morgan fingerprint density at radius 2 is 1.84 bits per heavy atom. The van der Waals surface area contributed by atoms with Gasteiger partial charge in [-0.3, -0.25) is 10.1 Å². The first-order valence-electron chi connectivity index (χ1n) is 10.5. The molecule has 1 N–H and O–H groups in total. The highest BCUT2D eigenvalue weighted by molar-refractivity contribution is 7.15. The summed E-state index contributed by atoms with van der Waals surface area (Å²) in [6, 6.07) is 7.59. The fourth-order valence-electron chi connectivity index (χ4n) is 3.55. The zero-order valence-corrected chi connectivity index (χ0v) is 19.0. The molecule has 2 aliphatic heterocycles. The normalized spacial score (nSPS) is 16.6. The lowest BCUT2D eigenvalue weighted by Gasteiger charge is -2.29. The van der Waals surface area contributed by atoms with Gasteiger partial charge in [-0.25, -0.2) is 9.78 Å². The third-order valence-corrected chi connectivity index (χ3v) is 6.11. The van der Waals surface area contributed by atoms with Gasteiger partial charge in [-0.15, -0.1) is 0 Å². The summed E-state index contributed by atoms with van der Waals surface area (Å²) < 4.78 is 10.9. The molecule has 0 spiro atoms. The summed E-state index contributed by atoms with van der Waals surface area (Å²) in [5, 5.41) is 3.45. The quantitative estimate of drug-likeness (QED) is 0.780. The van der Waals surface area contributed by atoms with Crippen LogP contribution in [0.4, 0.5) is 15.6 Å². The molecule has 9 heteroatoms. The molecule has 1 aromatic heterocycles. The van der Waals surface area contributed by atoms with Crippen molar-refractivity contribution >= 4 is 34.2 Å². The van der Waals surface area contributed by atoms with Gasteiger partial charge in [0.15, 0.2) is 5.13 Å². The number of hydrogen-bond acceptors (Lipinski definition) is 7. The maximum absolute atomic E-state index is 12.7. The Morgan fingerprint density at radius 1 is 1.13 bits per heavy atom. The summed E-state index contributed by atoms with van der Waals surface area (Å²) in [6.07, 6.45) is 0.326. The molecule has 1 saturated heterocycles. The van der Waals surface area contributed by atoms with E-state index in [1.807, 2.05) is 45.0 Å². The molecule has 31 heavy (non-hydrogen) atoms. The van der Waals surface area contributed by atoms with Gasteiger partial charge in [-0.1, -0.05) is 11.3 Å². The highest BCUT2D eigenvalue weighted by Gasteiger charge is 2.28. The van der Waals surface area contributed by atoms with Crippen molar-refractivity contribution in [3.63, 3.8) is 0 Å². The van der Waals surface area contributed by atoms with Crippen LogP contribution in [-0.2, 0) is 22.4 Å². The zero-order chi connectivity index (χ0) is 22.0. The van der Waals surface area contributed by atoms with E-state index in [0.29, 0.717) is 30.2 Å². The Morgan fingerprint density at radius 3 is 2.52 bits per heavy atom. The Hall–Kier alpha value is -2.65. The zero-order valence-electron chi connectivity index (χ0n) is 18.1. The smallest absolute Gasteiger partial charge is 0.410 e. The van der Waals surface area contributed by atoms with Crippen molar-refractivity contribution in [2.45, 2.75) is 39.3 Å². The SMILES string of the molecule is CC(C)(C)OC(=O)N1CCc2nc(NC(=O)c3ccc(N4CCOCC4)cc3)sc2C1. The Kier molecular flexibility index (Phi) is 6.15. The number of rotatable bonds is 3. The highest BCUT2D eigenvalue weighted by atomic mass is 32.1. The lowest BCUT2D eigenvalue weighted by atomic mass is 10.1. The van der Waals surface area contributed by atoms with Gasteiger partial charge in [-0.05, 0) is 45.0 Å². The molecule has 4 rings (SSSR count). The van der Waals surface area contributed by atoms with Crippen LogP contribution < -0.4 is 10.2 Å². The largest absolute Gasteiger partial charge is 0.444 e. The third-order valence-electron chi connectivity index (χ3n) is 5.11. The first-order chi connectivity index (χ1) is 14.8. The summed E-state index contributed by atoms with van der Waals surface area (Å²) in [7, 11) is 0. The van der Waals surface area contributed by atoms with Crippen LogP contribution >= 0.6 is 11.3 Å². The maximum Gasteiger partial charge on any atom is 0.410 e. The van der Waals surface area contributed by atoms with Crippen molar-refractivity contribution in [2.75, 3.05) is 43.1 Å². The van der Waals surface area contributed by atoms with Gasteiger partial charge >= 0.3 is 6.09 Å². The predicted molar refractivity (Wildman–Crippen MR) is 120 cm³/mol. The van der Waals surface area contributed by atoms with Gasteiger partial charge in [0.1, 0.15) is 5.60 Å². The Labute approximate surface area is 186 Å². The number of nitrogens with one attached hydrogen (secondary N) is 1. The second-order valence-electron chi connectivity index (χ2n) is 8.64. The molecule has 3 heterocycles. The fourth-order valence-corrected chi connectivity index (χ4v) is 4.56. The number of hydrogen-bond donors (Lipinski definition) is 1. The molecule has 0 unspecified atom stereocenters. The molecule has 8 nitrogen and oxygen atoms in total. The van der Waals surface area contributed by atoms with E-state index in [0.717, 1.165) is 42.6 Å². The molecule has 2 aromatic rings. The van der Waals surface area contributed by atoms with Crippen LogP contribution in [0, 0.1) is 0 Å². The molecule has 166 valence electrons. The van der Waals surface area contributed by atoms with Crippen LogP contribution in [0.2, 0.25) is 0 Å². The minimum Gasteiger partial charge on any atom is -0.444 e. The van der Waals surface area contributed by atoms with Crippen molar-refractivity contribution in [3.05, 3.63) is 40.4 Å². The van der Waals surface area contributed by atoms with Crippen LogP contribution in [0.5, 0.6) is 0 Å². The number of ether oxygens (including phenoxy) is 2. The van der Waals surface area contributed by atoms with Crippen molar-refractivity contribution in [2.24, 2.45) is 0 Å². The van der Waals surface area contributed by atoms with E-state index in [9.17, 15) is 9.59 Å². The monoisotopic (exact) mass is 444 g/mol. The molecule has 2 amide bonds. The molecule has 1 fully saturated rings. The van der Waals surface area contributed by atoms with Crippen LogP contribution in [0.1, 0.15) is 41.7 Å². The molecule has 0 saturated carbocycles. The Balaban J connectivity index is 1.37. The number of nitrogens with zero attached hydrogens (tertiary/aromatic N) is 3. The number of aromatic nitrogens is 1. The molecule has 0 atom stereocenters. The van der Waals surface area contributed by atoms with E-state index in [4.69, 9.17) is 9.47 Å². The number of carbonyl (C=O) groups is 2. The van der Waals surface area contributed by atoms with E-state index in [1.165, 1.54) is 11.3 Å². The predicted octanol–water partition coefficient (Wildman–Crippen LogP) is 3.53. The van der Waals surface area contributed by atoms with E-state index in [1.54, 1.807) is 4.90 Å². The van der Waals surface area contributed by atoms with Gasteiger partial charge in [0.2, 0.25) is 0 Å². The second-order valence-corrected chi connectivity index (χ2v) is 9.72. The van der Waals surface area contributed by atoms with Gasteiger partial charge < -0.3 is 19.3 Å². The number of anilines is 2. The molecule has 2 aliphatic rings. The van der Waals surface area contributed by atoms with E-state index in [-0.39, 0.29) is 12.0 Å². The summed E-state index contributed by atoms with van der Waals surface area (Å²) in [5.41, 5.74) is 2.08. The molecule has 0 aliphatic carbocycles. The van der Waals surface area contributed by atoms with Gasteiger partial charge in [0.05, 0.1) is 25.5 Å². The van der Waals surface area contributed by atoms with Crippen molar-refractivity contribution in [1.82, 2.24) is 9.88 Å². The first-order valence-corrected chi connectivity index (χ1v) is 11.3. The number of benzene rings is 1. The molecule has 0 radical (unpaired) electrons. The third kappa shape index (κ3) is 5.34. The van der Waals surface area contributed by atoms with Gasteiger partial charge in [0, 0.05) is 42.2 Å².